The first-order valence-electron chi connectivity index (χ1n) is 4.28. The highest BCUT2D eigenvalue weighted by Gasteiger charge is 2.44. The first-order valence-corrected chi connectivity index (χ1v) is 4.28. The van der Waals surface area contributed by atoms with E-state index >= 15 is 0 Å². The predicted molar refractivity (Wildman–Crippen MR) is 48.2 cm³/mol. The quantitative estimate of drug-likeness (QED) is 0.751. The summed E-state index contributed by atoms with van der Waals surface area (Å²) in [5.74, 6) is -1.34. The molecular formula is C8H13ClF3NO. The van der Waals surface area contributed by atoms with Crippen molar-refractivity contribution >= 4 is 18.2 Å². The summed E-state index contributed by atoms with van der Waals surface area (Å²) in [5.41, 5.74) is 4.97. The molecule has 1 fully saturated rings. The van der Waals surface area contributed by atoms with Crippen LogP contribution in [0.3, 0.4) is 0 Å². The molecule has 0 heterocycles. The van der Waals surface area contributed by atoms with E-state index in [1.54, 1.807) is 0 Å². The molecule has 0 radical (unpaired) electrons. The number of carbonyl (C=O) groups is 1. The second-order valence-corrected chi connectivity index (χ2v) is 3.39. The molecular weight excluding hydrogens is 219 g/mol. The minimum atomic E-state index is -4.45. The molecule has 1 saturated carbocycles. The van der Waals surface area contributed by atoms with Gasteiger partial charge >= 0.3 is 6.18 Å². The van der Waals surface area contributed by atoms with E-state index in [-0.39, 0.29) is 31.0 Å². The molecule has 0 saturated heterocycles. The molecule has 0 unspecified atom stereocenters. The van der Waals surface area contributed by atoms with E-state index < -0.39 is 18.1 Å². The highest BCUT2D eigenvalue weighted by atomic mass is 35.5. The third kappa shape index (κ3) is 3.13. The van der Waals surface area contributed by atoms with Crippen LogP contribution in [0.25, 0.3) is 0 Å². The molecule has 0 aromatic heterocycles. The fourth-order valence-electron chi connectivity index (χ4n) is 1.62. The fourth-order valence-corrected chi connectivity index (χ4v) is 1.62. The Bertz CT molecular complexity index is 207. The zero-order valence-electron chi connectivity index (χ0n) is 7.51. The molecule has 1 rings (SSSR count). The number of halogens is 4. The SMILES string of the molecule is Cl.N[C@H]([C@H]1CCCCC1=O)C(F)(F)F. The van der Waals surface area contributed by atoms with E-state index in [9.17, 15) is 18.0 Å². The van der Waals surface area contributed by atoms with Gasteiger partial charge in [0.05, 0.1) is 0 Å². The number of Topliss-reactive ketones (excluding diaryl/α,β-unsaturated/α-hetero) is 1. The summed E-state index contributed by atoms with van der Waals surface area (Å²) in [6, 6.07) is -1.97. The van der Waals surface area contributed by atoms with Crippen LogP contribution in [-0.2, 0) is 4.79 Å². The van der Waals surface area contributed by atoms with Crippen molar-refractivity contribution < 1.29 is 18.0 Å². The van der Waals surface area contributed by atoms with Crippen LogP contribution in [0.2, 0.25) is 0 Å². The molecule has 14 heavy (non-hydrogen) atoms. The summed E-state index contributed by atoms with van der Waals surface area (Å²) in [4.78, 5) is 11.1. The standard InChI is InChI=1S/C8H12F3NO.ClH/c9-8(10,11)7(12)5-3-1-2-4-6(5)13;/h5,7H,1-4,12H2;1H/t5-,7+;/m0./s1. The molecule has 0 aromatic rings. The molecule has 2 N–H and O–H groups in total. The number of alkyl halides is 3. The molecule has 0 amide bonds. The zero-order chi connectivity index (χ0) is 10.1. The lowest BCUT2D eigenvalue weighted by atomic mass is 9.83. The van der Waals surface area contributed by atoms with E-state index in [1.165, 1.54) is 0 Å². The van der Waals surface area contributed by atoms with Gasteiger partial charge in [0.1, 0.15) is 11.8 Å². The largest absolute Gasteiger partial charge is 0.404 e. The highest BCUT2D eigenvalue weighted by molar-refractivity contribution is 5.85. The Morgan fingerprint density at radius 1 is 1.36 bits per heavy atom. The highest BCUT2D eigenvalue weighted by Crippen LogP contribution is 2.31. The van der Waals surface area contributed by atoms with Gasteiger partial charge in [-0.05, 0) is 12.8 Å². The average molecular weight is 232 g/mol. The first-order chi connectivity index (χ1) is 5.93. The maximum Gasteiger partial charge on any atom is 0.404 e. The van der Waals surface area contributed by atoms with Crippen LogP contribution in [0.15, 0.2) is 0 Å². The topological polar surface area (TPSA) is 43.1 Å². The lowest BCUT2D eigenvalue weighted by Gasteiger charge is -2.27. The fraction of sp³-hybridized carbons (Fsp3) is 0.875. The van der Waals surface area contributed by atoms with Crippen molar-refractivity contribution in [1.29, 1.82) is 0 Å². The molecule has 84 valence electrons. The van der Waals surface area contributed by atoms with Crippen molar-refractivity contribution in [2.45, 2.75) is 37.9 Å². The smallest absolute Gasteiger partial charge is 0.320 e. The lowest BCUT2D eigenvalue weighted by Crippen LogP contribution is -2.47. The van der Waals surface area contributed by atoms with Crippen molar-refractivity contribution in [3.63, 3.8) is 0 Å². The van der Waals surface area contributed by atoms with Gasteiger partial charge in [0.15, 0.2) is 0 Å². The molecule has 2 atom stereocenters. The summed E-state index contributed by atoms with van der Waals surface area (Å²) in [6.07, 6.45) is -2.56. The predicted octanol–water partition coefficient (Wildman–Crippen LogP) is 2.06. The van der Waals surface area contributed by atoms with Gasteiger partial charge in [0.2, 0.25) is 0 Å². The number of rotatable bonds is 1. The molecule has 2 nitrogen and oxygen atoms in total. The lowest BCUT2D eigenvalue weighted by molar-refractivity contribution is -0.166. The van der Waals surface area contributed by atoms with Gasteiger partial charge in [-0.1, -0.05) is 6.42 Å². The summed E-state index contributed by atoms with van der Waals surface area (Å²) in [6.45, 7) is 0. The van der Waals surface area contributed by atoms with Crippen LogP contribution in [0.1, 0.15) is 25.7 Å². The van der Waals surface area contributed by atoms with Crippen LogP contribution in [0.4, 0.5) is 13.2 Å². The van der Waals surface area contributed by atoms with E-state index in [4.69, 9.17) is 5.73 Å². The molecule has 0 aromatic carbocycles. The van der Waals surface area contributed by atoms with Gasteiger partial charge in [-0.15, -0.1) is 12.4 Å². The summed E-state index contributed by atoms with van der Waals surface area (Å²) in [7, 11) is 0. The normalized spacial score (nSPS) is 25.4. The van der Waals surface area contributed by atoms with Gasteiger partial charge in [0, 0.05) is 12.3 Å². The molecule has 1 aliphatic carbocycles. The summed E-state index contributed by atoms with van der Waals surface area (Å²) < 4.78 is 36.4. The summed E-state index contributed by atoms with van der Waals surface area (Å²) >= 11 is 0. The van der Waals surface area contributed by atoms with Crippen LogP contribution < -0.4 is 5.73 Å². The third-order valence-electron chi connectivity index (χ3n) is 2.41. The van der Waals surface area contributed by atoms with Gasteiger partial charge in [-0.2, -0.15) is 13.2 Å². The number of hydrogen-bond donors (Lipinski definition) is 1. The first kappa shape index (κ1) is 13.7. The summed E-state index contributed by atoms with van der Waals surface area (Å²) in [5, 5.41) is 0. The van der Waals surface area contributed by atoms with Crippen molar-refractivity contribution in [3.05, 3.63) is 0 Å². The minimum Gasteiger partial charge on any atom is -0.320 e. The monoisotopic (exact) mass is 231 g/mol. The van der Waals surface area contributed by atoms with Gasteiger partial charge < -0.3 is 5.73 Å². The zero-order valence-corrected chi connectivity index (χ0v) is 8.33. The maximum atomic E-state index is 12.1. The van der Waals surface area contributed by atoms with E-state index in [2.05, 4.69) is 0 Å². The van der Waals surface area contributed by atoms with Crippen molar-refractivity contribution in [2.24, 2.45) is 11.7 Å². The van der Waals surface area contributed by atoms with Crippen molar-refractivity contribution in [3.8, 4) is 0 Å². The van der Waals surface area contributed by atoms with E-state index in [0.717, 1.165) is 0 Å². The number of hydrogen-bond acceptors (Lipinski definition) is 2. The molecule has 0 spiro atoms. The Balaban J connectivity index is 0.00000169. The Morgan fingerprint density at radius 2 is 1.93 bits per heavy atom. The molecule has 1 aliphatic rings. The number of ketones is 1. The Kier molecular flexibility index (Phi) is 4.88. The van der Waals surface area contributed by atoms with Crippen LogP contribution in [0, 0.1) is 5.92 Å². The maximum absolute atomic E-state index is 12.1. The van der Waals surface area contributed by atoms with E-state index in [1.807, 2.05) is 0 Å². The van der Waals surface area contributed by atoms with Gasteiger partial charge in [-0.25, -0.2) is 0 Å². The second kappa shape index (κ2) is 4.98. The van der Waals surface area contributed by atoms with E-state index in [0.29, 0.717) is 12.8 Å². The minimum absolute atomic E-state index is 0. The number of carbonyl (C=O) groups excluding carboxylic acids is 1. The Labute approximate surface area is 86.4 Å². The number of nitrogens with two attached hydrogens (primary N) is 1. The second-order valence-electron chi connectivity index (χ2n) is 3.39. The van der Waals surface area contributed by atoms with Gasteiger partial charge in [-0.3, -0.25) is 4.79 Å². The van der Waals surface area contributed by atoms with Crippen LogP contribution in [0.5, 0.6) is 0 Å². The van der Waals surface area contributed by atoms with Crippen LogP contribution in [-0.4, -0.2) is 18.0 Å². The average Bonchev–Trinajstić information content (AvgIpc) is 2.02. The van der Waals surface area contributed by atoms with Crippen LogP contribution >= 0.6 is 12.4 Å². The third-order valence-corrected chi connectivity index (χ3v) is 2.41. The van der Waals surface area contributed by atoms with Gasteiger partial charge in [0.25, 0.3) is 0 Å². The van der Waals surface area contributed by atoms with Crippen molar-refractivity contribution in [1.82, 2.24) is 0 Å². The Morgan fingerprint density at radius 3 is 2.36 bits per heavy atom. The van der Waals surface area contributed by atoms with Crippen molar-refractivity contribution in [2.75, 3.05) is 0 Å². The molecule has 0 aliphatic heterocycles. The molecule has 6 heteroatoms. The Hall–Kier alpha value is -0.290. The molecule has 0 bridgehead atoms.